The van der Waals surface area contributed by atoms with Crippen molar-refractivity contribution < 1.29 is 8.81 Å². The van der Waals surface area contributed by atoms with E-state index in [-0.39, 0.29) is 5.82 Å². The topological polar surface area (TPSA) is 39.2 Å². The smallest absolute Gasteiger partial charge is 0.126 e. The number of hydrogen-bond donors (Lipinski definition) is 1. The quantitative estimate of drug-likeness (QED) is 0.883. The Morgan fingerprint density at radius 1 is 1.29 bits per heavy atom. The summed E-state index contributed by atoms with van der Waals surface area (Å²) in [6, 6.07) is 8.37. The molecule has 90 valence electrons. The summed E-state index contributed by atoms with van der Waals surface area (Å²) in [6.45, 7) is 3.74. The molecule has 0 radical (unpaired) electrons. The highest BCUT2D eigenvalue weighted by Crippen LogP contribution is 2.23. The van der Waals surface area contributed by atoms with Gasteiger partial charge in [-0.1, -0.05) is 19.1 Å². The first-order chi connectivity index (χ1) is 8.11. The zero-order valence-electron chi connectivity index (χ0n) is 10.0. The predicted molar refractivity (Wildman–Crippen MR) is 65.3 cm³/mol. The van der Waals surface area contributed by atoms with E-state index in [1.165, 1.54) is 6.07 Å². The molecule has 0 saturated carbocycles. The van der Waals surface area contributed by atoms with Crippen molar-refractivity contribution in [3.8, 4) is 0 Å². The van der Waals surface area contributed by atoms with Crippen LogP contribution in [0.25, 0.3) is 0 Å². The Hall–Kier alpha value is -1.61. The van der Waals surface area contributed by atoms with Gasteiger partial charge in [0, 0.05) is 6.42 Å². The highest BCUT2D eigenvalue weighted by atomic mass is 19.1. The van der Waals surface area contributed by atoms with E-state index in [9.17, 15) is 4.39 Å². The van der Waals surface area contributed by atoms with Crippen LogP contribution in [0.4, 0.5) is 4.39 Å². The second-order valence-corrected chi connectivity index (χ2v) is 4.14. The van der Waals surface area contributed by atoms with Crippen molar-refractivity contribution in [2.75, 3.05) is 0 Å². The van der Waals surface area contributed by atoms with Crippen LogP contribution >= 0.6 is 0 Å². The summed E-state index contributed by atoms with van der Waals surface area (Å²) < 4.78 is 19.0. The van der Waals surface area contributed by atoms with Crippen LogP contribution in [0.2, 0.25) is 0 Å². The van der Waals surface area contributed by atoms with E-state index in [1.54, 1.807) is 13.0 Å². The molecule has 3 heteroatoms. The first-order valence-electron chi connectivity index (χ1n) is 5.72. The van der Waals surface area contributed by atoms with Gasteiger partial charge in [-0.25, -0.2) is 4.39 Å². The molecule has 0 aliphatic carbocycles. The molecule has 2 N–H and O–H groups in total. The minimum atomic E-state index is -0.412. The third-order valence-corrected chi connectivity index (χ3v) is 2.89. The Balaban J connectivity index is 2.29. The lowest BCUT2D eigenvalue weighted by Gasteiger charge is -2.10. The molecule has 0 bridgehead atoms. The van der Waals surface area contributed by atoms with Gasteiger partial charge in [0.2, 0.25) is 0 Å². The lowest BCUT2D eigenvalue weighted by molar-refractivity contribution is 0.453. The summed E-state index contributed by atoms with van der Waals surface area (Å²) in [5.41, 5.74) is 7.39. The molecule has 1 heterocycles. The molecule has 17 heavy (non-hydrogen) atoms. The molecule has 0 amide bonds. The van der Waals surface area contributed by atoms with Gasteiger partial charge >= 0.3 is 0 Å². The van der Waals surface area contributed by atoms with Crippen LogP contribution in [0.1, 0.15) is 35.6 Å². The third-order valence-electron chi connectivity index (χ3n) is 2.89. The monoisotopic (exact) mass is 233 g/mol. The summed E-state index contributed by atoms with van der Waals surface area (Å²) in [6.07, 6.45) is 0.828. The van der Waals surface area contributed by atoms with Crippen LogP contribution in [-0.4, -0.2) is 0 Å². The van der Waals surface area contributed by atoms with Crippen molar-refractivity contribution in [1.29, 1.82) is 0 Å². The van der Waals surface area contributed by atoms with Gasteiger partial charge in [0.1, 0.15) is 17.3 Å². The Labute approximate surface area is 100 Å². The zero-order valence-corrected chi connectivity index (χ0v) is 10.0. The maximum absolute atomic E-state index is 13.4. The third kappa shape index (κ3) is 2.39. The maximum Gasteiger partial charge on any atom is 0.126 e. The van der Waals surface area contributed by atoms with Gasteiger partial charge in [0.05, 0.1) is 6.04 Å². The minimum Gasteiger partial charge on any atom is -0.464 e. The van der Waals surface area contributed by atoms with Gasteiger partial charge in [-0.05, 0) is 36.2 Å². The van der Waals surface area contributed by atoms with E-state index >= 15 is 0 Å². The van der Waals surface area contributed by atoms with E-state index < -0.39 is 6.04 Å². The van der Waals surface area contributed by atoms with E-state index in [1.807, 2.05) is 25.1 Å². The Bertz CT molecular complexity index is 519. The number of hydrogen-bond acceptors (Lipinski definition) is 2. The van der Waals surface area contributed by atoms with Crippen LogP contribution in [0.5, 0.6) is 0 Å². The van der Waals surface area contributed by atoms with Gasteiger partial charge in [-0.2, -0.15) is 0 Å². The number of furan rings is 1. The van der Waals surface area contributed by atoms with E-state index in [0.29, 0.717) is 11.3 Å². The highest BCUT2D eigenvalue weighted by Gasteiger charge is 2.14. The number of nitrogens with two attached hydrogens (primary N) is 1. The normalized spacial score (nSPS) is 12.7. The molecular formula is C14H16FNO. The Kier molecular flexibility index (Phi) is 3.29. The minimum absolute atomic E-state index is 0.236. The number of aryl methyl sites for hydroxylation is 2. The predicted octanol–water partition coefficient (Wildman–Crippen LogP) is 3.34. The van der Waals surface area contributed by atoms with Gasteiger partial charge in [-0.3, -0.25) is 0 Å². The van der Waals surface area contributed by atoms with Crippen molar-refractivity contribution >= 4 is 0 Å². The van der Waals surface area contributed by atoms with Gasteiger partial charge < -0.3 is 10.2 Å². The summed E-state index contributed by atoms with van der Waals surface area (Å²) >= 11 is 0. The average molecular weight is 233 g/mol. The lowest BCUT2D eigenvalue weighted by Crippen LogP contribution is -2.11. The fourth-order valence-corrected chi connectivity index (χ4v) is 1.72. The van der Waals surface area contributed by atoms with Crippen LogP contribution in [0, 0.1) is 12.7 Å². The molecule has 0 spiro atoms. The summed E-state index contributed by atoms with van der Waals surface area (Å²) in [5, 5.41) is 0. The van der Waals surface area contributed by atoms with Crippen LogP contribution in [0.15, 0.2) is 34.7 Å². The molecule has 0 aliphatic rings. The van der Waals surface area contributed by atoms with E-state index in [2.05, 4.69) is 0 Å². The molecule has 1 aromatic carbocycles. The second-order valence-electron chi connectivity index (χ2n) is 4.14. The standard InChI is InChI=1S/C14H16FNO/c1-3-11-6-7-13(17-11)14(16)10-5-4-9(2)12(15)8-10/h4-8,14H,3,16H2,1-2H3. The molecule has 1 unspecified atom stereocenters. The summed E-state index contributed by atoms with van der Waals surface area (Å²) in [7, 11) is 0. The molecule has 0 saturated heterocycles. The number of rotatable bonds is 3. The molecule has 2 nitrogen and oxygen atoms in total. The Morgan fingerprint density at radius 3 is 2.65 bits per heavy atom. The summed E-state index contributed by atoms with van der Waals surface area (Å²) in [4.78, 5) is 0. The largest absolute Gasteiger partial charge is 0.464 e. The first kappa shape index (κ1) is 11.9. The second kappa shape index (κ2) is 4.72. The Morgan fingerprint density at radius 2 is 2.06 bits per heavy atom. The summed E-state index contributed by atoms with van der Waals surface area (Å²) in [5.74, 6) is 1.33. The van der Waals surface area contributed by atoms with Crippen molar-refractivity contribution in [2.24, 2.45) is 5.73 Å². The SMILES string of the molecule is CCc1ccc(C(N)c2ccc(C)c(F)c2)o1. The molecule has 1 atom stereocenters. The van der Waals surface area contributed by atoms with E-state index in [4.69, 9.17) is 10.2 Å². The van der Waals surface area contributed by atoms with Crippen molar-refractivity contribution in [2.45, 2.75) is 26.3 Å². The average Bonchev–Trinajstić information content (AvgIpc) is 2.80. The number of benzene rings is 1. The molecular weight excluding hydrogens is 217 g/mol. The number of halogens is 1. The zero-order chi connectivity index (χ0) is 12.4. The van der Waals surface area contributed by atoms with Crippen molar-refractivity contribution in [3.05, 3.63) is 58.8 Å². The molecule has 2 aromatic rings. The lowest BCUT2D eigenvalue weighted by atomic mass is 10.0. The molecule has 2 rings (SSSR count). The van der Waals surface area contributed by atoms with Crippen molar-refractivity contribution in [1.82, 2.24) is 0 Å². The molecule has 1 aromatic heterocycles. The van der Waals surface area contributed by atoms with Crippen LogP contribution < -0.4 is 5.73 Å². The maximum atomic E-state index is 13.4. The highest BCUT2D eigenvalue weighted by molar-refractivity contribution is 5.30. The van der Waals surface area contributed by atoms with Gasteiger partial charge in [-0.15, -0.1) is 0 Å². The van der Waals surface area contributed by atoms with Crippen molar-refractivity contribution in [3.63, 3.8) is 0 Å². The van der Waals surface area contributed by atoms with Crippen LogP contribution in [-0.2, 0) is 6.42 Å². The fraction of sp³-hybridized carbons (Fsp3) is 0.286. The van der Waals surface area contributed by atoms with Crippen LogP contribution in [0.3, 0.4) is 0 Å². The molecule has 0 fully saturated rings. The van der Waals surface area contributed by atoms with Gasteiger partial charge in [0.25, 0.3) is 0 Å². The first-order valence-corrected chi connectivity index (χ1v) is 5.72. The fourth-order valence-electron chi connectivity index (χ4n) is 1.72. The van der Waals surface area contributed by atoms with Gasteiger partial charge in [0.15, 0.2) is 0 Å². The van der Waals surface area contributed by atoms with E-state index in [0.717, 1.165) is 17.7 Å². The molecule has 0 aliphatic heterocycles.